The van der Waals surface area contributed by atoms with Crippen LogP contribution in [0.5, 0.6) is 0 Å². The third-order valence-corrected chi connectivity index (χ3v) is 5.10. The Morgan fingerprint density at radius 3 is 2.52 bits per heavy atom. The summed E-state index contributed by atoms with van der Waals surface area (Å²) in [5, 5.41) is 9.93. The standard InChI is InChI=1S/C23H30N2O2/c1-23(2,27)13-12-19-8-6-9-20(18-19)22(26)25-15-7-14-24(16-17-25)21-10-4-3-5-11-21/h3-6,8-11,18,27H,7,12-17H2,1-2H3. The van der Waals surface area contributed by atoms with Crippen LogP contribution in [-0.2, 0) is 6.42 Å². The van der Waals surface area contributed by atoms with E-state index in [-0.39, 0.29) is 5.91 Å². The predicted octanol–water partition coefficient (Wildman–Crippen LogP) is 3.74. The Morgan fingerprint density at radius 1 is 1.00 bits per heavy atom. The first kappa shape index (κ1) is 19.4. The van der Waals surface area contributed by atoms with Crippen molar-refractivity contribution in [2.45, 2.75) is 38.7 Å². The third-order valence-electron chi connectivity index (χ3n) is 5.10. The molecular formula is C23H30N2O2. The van der Waals surface area contributed by atoms with E-state index >= 15 is 0 Å². The van der Waals surface area contributed by atoms with Crippen LogP contribution in [0.1, 0.15) is 42.6 Å². The molecular weight excluding hydrogens is 336 g/mol. The van der Waals surface area contributed by atoms with Crippen LogP contribution in [0.25, 0.3) is 0 Å². The zero-order chi connectivity index (χ0) is 19.3. The molecule has 0 unspecified atom stereocenters. The zero-order valence-electron chi connectivity index (χ0n) is 16.4. The highest BCUT2D eigenvalue weighted by Gasteiger charge is 2.21. The lowest BCUT2D eigenvalue weighted by Gasteiger charge is -2.24. The molecule has 3 rings (SSSR count). The van der Waals surface area contributed by atoms with E-state index in [4.69, 9.17) is 0 Å². The van der Waals surface area contributed by atoms with Crippen molar-refractivity contribution < 1.29 is 9.90 Å². The van der Waals surface area contributed by atoms with Crippen molar-refractivity contribution in [3.05, 3.63) is 65.7 Å². The van der Waals surface area contributed by atoms with Crippen LogP contribution >= 0.6 is 0 Å². The van der Waals surface area contributed by atoms with E-state index < -0.39 is 5.60 Å². The highest BCUT2D eigenvalue weighted by molar-refractivity contribution is 5.94. The van der Waals surface area contributed by atoms with Crippen molar-refractivity contribution in [2.24, 2.45) is 0 Å². The molecule has 0 aliphatic carbocycles. The summed E-state index contributed by atoms with van der Waals surface area (Å²) in [5.41, 5.74) is 2.38. The molecule has 27 heavy (non-hydrogen) atoms. The number of aryl methyl sites for hydroxylation is 1. The Kier molecular flexibility index (Phi) is 6.17. The molecule has 1 heterocycles. The zero-order valence-corrected chi connectivity index (χ0v) is 16.4. The fourth-order valence-electron chi connectivity index (χ4n) is 3.51. The van der Waals surface area contributed by atoms with Gasteiger partial charge in [0.1, 0.15) is 0 Å². The molecule has 0 atom stereocenters. The summed E-state index contributed by atoms with van der Waals surface area (Å²) in [7, 11) is 0. The van der Waals surface area contributed by atoms with E-state index in [1.807, 2.05) is 49.1 Å². The summed E-state index contributed by atoms with van der Waals surface area (Å²) in [4.78, 5) is 17.3. The molecule has 4 heteroatoms. The van der Waals surface area contributed by atoms with Crippen LogP contribution in [0.3, 0.4) is 0 Å². The summed E-state index contributed by atoms with van der Waals surface area (Å²) >= 11 is 0. The molecule has 0 spiro atoms. The number of hydrogen-bond donors (Lipinski definition) is 1. The second-order valence-electron chi connectivity index (χ2n) is 7.98. The second-order valence-corrected chi connectivity index (χ2v) is 7.98. The number of rotatable bonds is 5. The van der Waals surface area contributed by atoms with Gasteiger partial charge >= 0.3 is 0 Å². The average molecular weight is 367 g/mol. The largest absolute Gasteiger partial charge is 0.390 e. The van der Waals surface area contributed by atoms with E-state index in [9.17, 15) is 9.90 Å². The maximum Gasteiger partial charge on any atom is 0.253 e. The van der Waals surface area contributed by atoms with Crippen LogP contribution in [-0.4, -0.2) is 47.7 Å². The number of nitrogens with zero attached hydrogens (tertiary/aromatic N) is 2. The fourth-order valence-corrected chi connectivity index (χ4v) is 3.51. The van der Waals surface area contributed by atoms with Crippen molar-refractivity contribution in [3.8, 4) is 0 Å². The first-order valence-electron chi connectivity index (χ1n) is 9.83. The normalized spacial score (nSPS) is 15.5. The lowest BCUT2D eigenvalue weighted by atomic mass is 9.97. The monoisotopic (exact) mass is 366 g/mol. The average Bonchev–Trinajstić information content (AvgIpc) is 2.92. The van der Waals surface area contributed by atoms with Crippen molar-refractivity contribution in [3.63, 3.8) is 0 Å². The molecule has 0 radical (unpaired) electrons. The van der Waals surface area contributed by atoms with E-state index in [2.05, 4.69) is 29.2 Å². The molecule has 144 valence electrons. The van der Waals surface area contributed by atoms with Gasteiger partial charge in [-0.05, 0) is 62.9 Å². The molecule has 1 aliphatic heterocycles. The predicted molar refractivity (Wildman–Crippen MR) is 110 cm³/mol. The van der Waals surface area contributed by atoms with Crippen LogP contribution in [0, 0.1) is 0 Å². The molecule has 0 bridgehead atoms. The molecule has 0 aromatic heterocycles. The van der Waals surface area contributed by atoms with Crippen LogP contribution in [0.4, 0.5) is 5.69 Å². The van der Waals surface area contributed by atoms with Crippen molar-refractivity contribution in [1.82, 2.24) is 4.90 Å². The van der Waals surface area contributed by atoms with Gasteiger partial charge in [-0.25, -0.2) is 0 Å². The van der Waals surface area contributed by atoms with Crippen LogP contribution in [0.15, 0.2) is 54.6 Å². The van der Waals surface area contributed by atoms with Gasteiger partial charge in [-0.1, -0.05) is 30.3 Å². The van der Waals surface area contributed by atoms with Gasteiger partial charge in [0, 0.05) is 37.4 Å². The van der Waals surface area contributed by atoms with Gasteiger partial charge < -0.3 is 14.9 Å². The Morgan fingerprint density at radius 2 is 1.78 bits per heavy atom. The van der Waals surface area contributed by atoms with E-state index in [0.717, 1.165) is 50.1 Å². The minimum absolute atomic E-state index is 0.107. The number of carbonyl (C=O) groups excluding carboxylic acids is 1. The topological polar surface area (TPSA) is 43.8 Å². The summed E-state index contributed by atoms with van der Waals surface area (Å²) in [6, 6.07) is 18.3. The number of amides is 1. The first-order chi connectivity index (χ1) is 12.9. The number of benzene rings is 2. The highest BCUT2D eigenvalue weighted by Crippen LogP contribution is 2.18. The minimum atomic E-state index is -0.689. The quantitative estimate of drug-likeness (QED) is 0.877. The molecule has 2 aromatic rings. The number of hydrogen-bond acceptors (Lipinski definition) is 3. The number of anilines is 1. The molecule has 1 saturated heterocycles. The van der Waals surface area contributed by atoms with Crippen molar-refractivity contribution >= 4 is 11.6 Å². The van der Waals surface area contributed by atoms with Crippen molar-refractivity contribution in [1.29, 1.82) is 0 Å². The SMILES string of the molecule is CC(C)(O)CCc1cccc(C(=O)N2CCCN(c3ccccc3)CC2)c1. The summed E-state index contributed by atoms with van der Waals surface area (Å²) < 4.78 is 0. The van der Waals surface area contributed by atoms with Crippen molar-refractivity contribution in [2.75, 3.05) is 31.1 Å². The number of carbonyl (C=O) groups is 1. The van der Waals surface area contributed by atoms with E-state index in [1.54, 1.807) is 0 Å². The fraction of sp³-hybridized carbons (Fsp3) is 0.435. The van der Waals surface area contributed by atoms with Gasteiger partial charge in [0.25, 0.3) is 5.91 Å². The third kappa shape index (κ3) is 5.57. The Balaban J connectivity index is 1.64. The molecule has 1 amide bonds. The van der Waals surface area contributed by atoms with Gasteiger partial charge in [0.2, 0.25) is 0 Å². The summed E-state index contributed by atoms with van der Waals surface area (Å²) in [6.07, 6.45) is 2.42. The van der Waals surface area contributed by atoms with Gasteiger partial charge in [-0.3, -0.25) is 4.79 Å². The van der Waals surface area contributed by atoms with Crippen LogP contribution < -0.4 is 4.90 Å². The second kappa shape index (κ2) is 8.57. The maximum absolute atomic E-state index is 13.0. The number of para-hydroxylation sites is 1. The number of aliphatic hydroxyl groups is 1. The van der Waals surface area contributed by atoms with E-state index in [1.165, 1.54) is 5.69 Å². The molecule has 0 saturated carbocycles. The maximum atomic E-state index is 13.0. The van der Waals surface area contributed by atoms with Gasteiger partial charge in [0.15, 0.2) is 0 Å². The Labute approximate surface area is 162 Å². The molecule has 1 fully saturated rings. The summed E-state index contributed by atoms with van der Waals surface area (Å²) in [5.74, 6) is 0.107. The molecule has 4 nitrogen and oxygen atoms in total. The molecule has 1 aliphatic rings. The lowest BCUT2D eigenvalue weighted by molar-refractivity contribution is 0.0714. The Bertz CT molecular complexity index is 752. The van der Waals surface area contributed by atoms with Gasteiger partial charge in [-0.15, -0.1) is 0 Å². The highest BCUT2D eigenvalue weighted by atomic mass is 16.3. The van der Waals surface area contributed by atoms with E-state index in [0.29, 0.717) is 6.42 Å². The minimum Gasteiger partial charge on any atom is -0.390 e. The lowest BCUT2D eigenvalue weighted by Crippen LogP contribution is -2.35. The smallest absolute Gasteiger partial charge is 0.253 e. The summed E-state index contributed by atoms with van der Waals surface area (Å²) in [6.45, 7) is 6.99. The van der Waals surface area contributed by atoms with Gasteiger partial charge in [0.05, 0.1) is 5.60 Å². The Hall–Kier alpha value is -2.33. The van der Waals surface area contributed by atoms with Crippen LogP contribution in [0.2, 0.25) is 0 Å². The molecule has 1 N–H and O–H groups in total. The van der Waals surface area contributed by atoms with Gasteiger partial charge in [-0.2, -0.15) is 0 Å². The first-order valence-corrected chi connectivity index (χ1v) is 9.83. The molecule has 2 aromatic carbocycles.